The molecule has 0 heterocycles. The van der Waals surface area contributed by atoms with Crippen LogP contribution in [-0.2, 0) is 22.6 Å². The molecule has 100 valence electrons. The molecule has 0 bridgehead atoms. The van der Waals surface area contributed by atoms with Gasteiger partial charge in [-0.15, -0.1) is 0 Å². The second-order valence-electron chi connectivity index (χ2n) is 4.53. The number of nitrogens with one attached hydrogen (secondary N) is 1. The van der Waals surface area contributed by atoms with Crippen LogP contribution in [0.4, 0.5) is 0 Å². The highest BCUT2D eigenvalue weighted by Gasteiger charge is 2.26. The second kappa shape index (κ2) is 6.18. The van der Waals surface area contributed by atoms with Crippen molar-refractivity contribution in [3.8, 4) is 0 Å². The topological polar surface area (TPSA) is 64.3 Å². The minimum absolute atomic E-state index is 0.158. The molecule has 4 nitrogen and oxygen atoms in total. The molecule has 0 fully saturated rings. The van der Waals surface area contributed by atoms with Crippen LogP contribution in [-0.4, -0.2) is 18.6 Å². The maximum atomic E-state index is 11.8. The maximum Gasteiger partial charge on any atom is 0.251 e. The van der Waals surface area contributed by atoms with E-state index in [4.69, 9.17) is 22.1 Å². The van der Waals surface area contributed by atoms with Gasteiger partial charge in [0.2, 0.25) is 0 Å². The summed E-state index contributed by atoms with van der Waals surface area (Å²) in [7, 11) is 1.51. The summed E-state index contributed by atoms with van der Waals surface area (Å²) in [5, 5.41) is 3.46. The molecule has 1 aromatic rings. The van der Waals surface area contributed by atoms with Crippen molar-refractivity contribution in [2.75, 3.05) is 7.11 Å². The maximum absolute atomic E-state index is 11.8. The van der Waals surface area contributed by atoms with Crippen LogP contribution < -0.4 is 11.1 Å². The van der Waals surface area contributed by atoms with Gasteiger partial charge >= 0.3 is 0 Å². The summed E-state index contributed by atoms with van der Waals surface area (Å²) in [6.07, 6.45) is 0. The third kappa shape index (κ3) is 3.70. The number of rotatable bonds is 5. The van der Waals surface area contributed by atoms with Crippen molar-refractivity contribution in [1.82, 2.24) is 5.32 Å². The predicted molar refractivity (Wildman–Crippen MR) is 72.3 cm³/mol. The SMILES string of the molecule is COC(C)(C)C(=O)NCc1ccc(Cl)c(CN)c1. The van der Waals surface area contributed by atoms with Crippen molar-refractivity contribution in [2.24, 2.45) is 5.73 Å². The van der Waals surface area contributed by atoms with Crippen molar-refractivity contribution < 1.29 is 9.53 Å². The Labute approximate surface area is 112 Å². The standard InChI is InChI=1S/C13H19ClN2O2/c1-13(2,18-3)12(17)16-8-9-4-5-11(14)10(6-9)7-15/h4-6H,7-8,15H2,1-3H3,(H,16,17). The van der Waals surface area contributed by atoms with E-state index < -0.39 is 5.60 Å². The van der Waals surface area contributed by atoms with Crippen LogP contribution in [0.2, 0.25) is 5.02 Å². The van der Waals surface area contributed by atoms with E-state index in [1.54, 1.807) is 19.9 Å². The Morgan fingerprint density at radius 1 is 1.50 bits per heavy atom. The number of nitrogens with two attached hydrogens (primary N) is 1. The lowest BCUT2D eigenvalue weighted by molar-refractivity contribution is -0.139. The largest absolute Gasteiger partial charge is 0.369 e. The third-order valence-electron chi connectivity index (χ3n) is 2.84. The molecule has 3 N–H and O–H groups in total. The molecular weight excluding hydrogens is 252 g/mol. The zero-order chi connectivity index (χ0) is 13.8. The average molecular weight is 271 g/mol. The summed E-state index contributed by atoms with van der Waals surface area (Å²) >= 11 is 5.97. The Kier molecular flexibility index (Phi) is 5.14. The van der Waals surface area contributed by atoms with E-state index >= 15 is 0 Å². The summed E-state index contributed by atoms with van der Waals surface area (Å²) in [5.41, 5.74) is 6.57. The molecule has 0 unspecified atom stereocenters. The molecule has 0 radical (unpaired) electrons. The molecule has 0 atom stereocenters. The average Bonchev–Trinajstić information content (AvgIpc) is 2.37. The van der Waals surface area contributed by atoms with Crippen molar-refractivity contribution in [2.45, 2.75) is 32.5 Å². The molecule has 0 saturated heterocycles. The second-order valence-corrected chi connectivity index (χ2v) is 4.93. The Hall–Kier alpha value is -1.10. The van der Waals surface area contributed by atoms with Crippen molar-refractivity contribution >= 4 is 17.5 Å². The lowest BCUT2D eigenvalue weighted by atomic mass is 10.1. The molecule has 0 spiro atoms. The van der Waals surface area contributed by atoms with Crippen LogP contribution in [0.25, 0.3) is 0 Å². The van der Waals surface area contributed by atoms with Gasteiger partial charge in [-0.3, -0.25) is 4.79 Å². The molecule has 18 heavy (non-hydrogen) atoms. The minimum atomic E-state index is -0.830. The van der Waals surface area contributed by atoms with Gasteiger partial charge in [0.1, 0.15) is 5.60 Å². The van der Waals surface area contributed by atoms with E-state index in [2.05, 4.69) is 5.32 Å². The normalized spacial score (nSPS) is 11.4. The van der Waals surface area contributed by atoms with Gasteiger partial charge in [0.15, 0.2) is 0 Å². The van der Waals surface area contributed by atoms with Crippen molar-refractivity contribution in [1.29, 1.82) is 0 Å². The van der Waals surface area contributed by atoms with E-state index in [1.807, 2.05) is 12.1 Å². The van der Waals surface area contributed by atoms with Crippen LogP contribution >= 0.6 is 11.6 Å². The smallest absolute Gasteiger partial charge is 0.251 e. The summed E-state index contributed by atoms with van der Waals surface area (Å²) in [5.74, 6) is -0.158. The highest BCUT2D eigenvalue weighted by molar-refractivity contribution is 6.31. The van der Waals surface area contributed by atoms with E-state index in [0.29, 0.717) is 18.1 Å². The minimum Gasteiger partial charge on any atom is -0.369 e. The molecule has 0 aliphatic carbocycles. The number of hydrogen-bond acceptors (Lipinski definition) is 3. The van der Waals surface area contributed by atoms with Crippen molar-refractivity contribution in [3.63, 3.8) is 0 Å². The molecule has 1 amide bonds. The van der Waals surface area contributed by atoms with Gasteiger partial charge in [-0.25, -0.2) is 0 Å². The molecule has 0 aliphatic heterocycles. The number of benzene rings is 1. The van der Waals surface area contributed by atoms with Gasteiger partial charge < -0.3 is 15.8 Å². The van der Waals surface area contributed by atoms with Gasteiger partial charge in [0, 0.05) is 25.2 Å². The lowest BCUT2D eigenvalue weighted by Crippen LogP contribution is -2.43. The zero-order valence-corrected chi connectivity index (χ0v) is 11.7. The predicted octanol–water partition coefficient (Wildman–Crippen LogP) is 1.84. The summed E-state index contributed by atoms with van der Waals surface area (Å²) < 4.78 is 5.10. The third-order valence-corrected chi connectivity index (χ3v) is 3.21. The zero-order valence-electron chi connectivity index (χ0n) is 10.9. The van der Waals surface area contributed by atoms with Gasteiger partial charge in [-0.2, -0.15) is 0 Å². The molecule has 0 aliphatic rings. The molecule has 0 saturated carbocycles. The highest BCUT2D eigenvalue weighted by atomic mass is 35.5. The summed E-state index contributed by atoms with van der Waals surface area (Å²) in [6.45, 7) is 4.24. The van der Waals surface area contributed by atoms with E-state index in [1.165, 1.54) is 7.11 Å². The quantitative estimate of drug-likeness (QED) is 0.858. The molecule has 1 rings (SSSR count). The Morgan fingerprint density at radius 2 is 2.17 bits per heavy atom. The molecule has 1 aromatic carbocycles. The number of carbonyl (C=O) groups excluding carboxylic acids is 1. The van der Waals surface area contributed by atoms with Crippen molar-refractivity contribution in [3.05, 3.63) is 34.3 Å². The van der Waals surface area contributed by atoms with E-state index in [9.17, 15) is 4.79 Å². The fourth-order valence-corrected chi connectivity index (χ4v) is 1.58. The van der Waals surface area contributed by atoms with Crippen LogP contribution in [0.3, 0.4) is 0 Å². The monoisotopic (exact) mass is 270 g/mol. The van der Waals surface area contributed by atoms with Crippen LogP contribution in [0.5, 0.6) is 0 Å². The first kappa shape index (κ1) is 15.0. The summed E-state index contributed by atoms with van der Waals surface area (Å²) in [6, 6.07) is 5.54. The van der Waals surface area contributed by atoms with Gasteiger partial charge in [0.05, 0.1) is 0 Å². The Morgan fingerprint density at radius 3 is 2.72 bits per heavy atom. The van der Waals surface area contributed by atoms with Crippen LogP contribution in [0, 0.1) is 0 Å². The molecular formula is C13H19ClN2O2. The van der Waals surface area contributed by atoms with Crippen LogP contribution in [0.15, 0.2) is 18.2 Å². The number of methoxy groups -OCH3 is 1. The van der Waals surface area contributed by atoms with Gasteiger partial charge in [-0.05, 0) is 31.0 Å². The highest BCUT2D eigenvalue weighted by Crippen LogP contribution is 2.17. The molecule has 5 heteroatoms. The van der Waals surface area contributed by atoms with E-state index in [-0.39, 0.29) is 5.91 Å². The first-order valence-electron chi connectivity index (χ1n) is 5.71. The first-order valence-corrected chi connectivity index (χ1v) is 6.09. The Balaban J connectivity index is 2.67. The van der Waals surface area contributed by atoms with Crippen LogP contribution in [0.1, 0.15) is 25.0 Å². The Bertz CT molecular complexity index is 433. The number of amides is 1. The fraction of sp³-hybridized carbons (Fsp3) is 0.462. The van der Waals surface area contributed by atoms with Gasteiger partial charge in [-0.1, -0.05) is 23.7 Å². The first-order chi connectivity index (χ1) is 8.40. The number of halogens is 1. The van der Waals surface area contributed by atoms with E-state index in [0.717, 1.165) is 11.1 Å². The number of carbonyl (C=O) groups is 1. The number of ether oxygens (including phenoxy) is 1. The number of hydrogen-bond donors (Lipinski definition) is 2. The summed E-state index contributed by atoms with van der Waals surface area (Å²) in [4.78, 5) is 11.8. The fourth-order valence-electron chi connectivity index (χ4n) is 1.38. The lowest BCUT2D eigenvalue weighted by Gasteiger charge is -2.21. The molecule has 0 aromatic heterocycles. The van der Waals surface area contributed by atoms with Gasteiger partial charge in [0.25, 0.3) is 5.91 Å².